The summed E-state index contributed by atoms with van der Waals surface area (Å²) in [6, 6.07) is -1.30. The summed E-state index contributed by atoms with van der Waals surface area (Å²) in [6.45, 7) is 4.30. The third-order valence-corrected chi connectivity index (χ3v) is 3.95. The lowest BCUT2D eigenvalue weighted by Crippen LogP contribution is -2.52. The summed E-state index contributed by atoms with van der Waals surface area (Å²) in [5, 5.41) is 15.0. The average molecular weight is 271 g/mol. The van der Waals surface area contributed by atoms with Crippen LogP contribution in [-0.2, 0) is 4.79 Å². The van der Waals surface area contributed by atoms with Crippen LogP contribution in [-0.4, -0.2) is 35.7 Å². The highest BCUT2D eigenvalue weighted by atomic mass is 16.3. The number of nitrogens with two attached hydrogens (primary N) is 1. The Labute approximate surface area is 114 Å². The van der Waals surface area contributed by atoms with Crippen LogP contribution < -0.4 is 16.4 Å². The Hall–Kier alpha value is -1.30. The van der Waals surface area contributed by atoms with Crippen LogP contribution >= 0.6 is 0 Å². The van der Waals surface area contributed by atoms with Crippen molar-refractivity contribution in [2.45, 2.75) is 51.7 Å². The fourth-order valence-electron chi connectivity index (χ4n) is 2.45. The number of carbonyl (C=O) groups excluding carboxylic acids is 2. The normalized spacial score (nSPS) is 25.6. The molecule has 0 bridgehead atoms. The number of urea groups is 1. The fourth-order valence-corrected chi connectivity index (χ4v) is 2.45. The molecule has 0 aromatic heterocycles. The van der Waals surface area contributed by atoms with E-state index < -0.39 is 12.1 Å². The molecular weight excluding hydrogens is 246 g/mol. The Morgan fingerprint density at radius 2 is 2.11 bits per heavy atom. The summed E-state index contributed by atoms with van der Waals surface area (Å²) >= 11 is 0. The van der Waals surface area contributed by atoms with Crippen molar-refractivity contribution < 1.29 is 14.7 Å². The number of aliphatic hydroxyl groups excluding tert-OH is 1. The number of primary amides is 1. The second-order valence-electron chi connectivity index (χ2n) is 5.38. The number of nitrogens with one attached hydrogen (secondary N) is 2. The van der Waals surface area contributed by atoms with E-state index in [0.717, 1.165) is 25.7 Å². The Balaban J connectivity index is 2.49. The van der Waals surface area contributed by atoms with E-state index in [2.05, 4.69) is 10.6 Å². The first kappa shape index (κ1) is 15.8. The molecule has 0 spiro atoms. The molecule has 0 aliphatic heterocycles. The van der Waals surface area contributed by atoms with Gasteiger partial charge < -0.3 is 21.5 Å². The van der Waals surface area contributed by atoms with Gasteiger partial charge in [0.05, 0.1) is 6.10 Å². The molecule has 1 fully saturated rings. The molecule has 0 heterocycles. The van der Waals surface area contributed by atoms with Gasteiger partial charge in [-0.1, -0.05) is 26.7 Å². The van der Waals surface area contributed by atoms with Crippen LogP contribution in [0.4, 0.5) is 4.79 Å². The van der Waals surface area contributed by atoms with Gasteiger partial charge >= 0.3 is 6.03 Å². The highest BCUT2D eigenvalue weighted by molar-refractivity contribution is 5.86. The molecule has 3 amide bonds. The minimum Gasteiger partial charge on any atom is -0.393 e. The van der Waals surface area contributed by atoms with Crippen molar-refractivity contribution in [3.05, 3.63) is 0 Å². The van der Waals surface area contributed by atoms with Crippen molar-refractivity contribution >= 4 is 11.9 Å². The minimum atomic E-state index is -0.693. The molecule has 5 N–H and O–H groups in total. The van der Waals surface area contributed by atoms with E-state index >= 15 is 0 Å². The molecule has 1 rings (SSSR count). The number of amides is 3. The van der Waals surface area contributed by atoms with Gasteiger partial charge in [0.25, 0.3) is 0 Å². The summed E-state index contributed by atoms with van der Waals surface area (Å²) in [6.07, 6.45) is 3.17. The lowest BCUT2D eigenvalue weighted by molar-refractivity contribution is -0.124. The minimum absolute atomic E-state index is 0.0148. The van der Waals surface area contributed by atoms with Crippen molar-refractivity contribution in [1.29, 1.82) is 0 Å². The fraction of sp³-hybridized carbons (Fsp3) is 0.846. The maximum atomic E-state index is 12.1. The predicted octanol–water partition coefficient (Wildman–Crippen LogP) is 0.347. The van der Waals surface area contributed by atoms with Crippen LogP contribution in [0.25, 0.3) is 0 Å². The average Bonchev–Trinajstić information content (AvgIpc) is 2.77. The Bertz CT molecular complexity index is 322. The molecule has 0 saturated heterocycles. The smallest absolute Gasteiger partial charge is 0.312 e. The zero-order valence-corrected chi connectivity index (χ0v) is 11.7. The van der Waals surface area contributed by atoms with E-state index in [-0.39, 0.29) is 23.8 Å². The van der Waals surface area contributed by atoms with Gasteiger partial charge in [0.1, 0.15) is 6.04 Å². The summed E-state index contributed by atoms with van der Waals surface area (Å²) in [7, 11) is 0. The number of carbonyl (C=O) groups is 2. The molecule has 1 saturated carbocycles. The topological polar surface area (TPSA) is 104 Å². The third kappa shape index (κ3) is 4.70. The van der Waals surface area contributed by atoms with Crippen LogP contribution in [0, 0.1) is 11.8 Å². The van der Waals surface area contributed by atoms with Crippen molar-refractivity contribution in [3.63, 3.8) is 0 Å². The zero-order valence-electron chi connectivity index (χ0n) is 11.7. The second-order valence-corrected chi connectivity index (χ2v) is 5.38. The quantitative estimate of drug-likeness (QED) is 0.560. The predicted molar refractivity (Wildman–Crippen MR) is 72.3 cm³/mol. The van der Waals surface area contributed by atoms with E-state index in [1.54, 1.807) is 0 Å². The molecule has 4 unspecified atom stereocenters. The van der Waals surface area contributed by atoms with Gasteiger partial charge in [-0.3, -0.25) is 4.79 Å². The molecule has 110 valence electrons. The number of hydrogen-bond donors (Lipinski definition) is 4. The number of rotatable bonds is 6. The highest BCUT2D eigenvalue weighted by Crippen LogP contribution is 2.24. The van der Waals surface area contributed by atoms with Crippen molar-refractivity contribution in [2.24, 2.45) is 17.6 Å². The van der Waals surface area contributed by atoms with Gasteiger partial charge in [-0.2, -0.15) is 0 Å². The largest absolute Gasteiger partial charge is 0.393 e. The van der Waals surface area contributed by atoms with Gasteiger partial charge in [-0.25, -0.2) is 4.79 Å². The zero-order chi connectivity index (χ0) is 14.4. The molecule has 0 aromatic rings. The van der Waals surface area contributed by atoms with Gasteiger partial charge in [0.2, 0.25) is 5.91 Å². The third-order valence-electron chi connectivity index (χ3n) is 3.95. The molecule has 6 nitrogen and oxygen atoms in total. The Kier molecular flexibility index (Phi) is 6.08. The van der Waals surface area contributed by atoms with E-state index in [4.69, 9.17) is 5.73 Å². The lowest BCUT2D eigenvalue weighted by atomic mass is 9.98. The van der Waals surface area contributed by atoms with Crippen LogP contribution in [0.15, 0.2) is 0 Å². The monoisotopic (exact) mass is 271 g/mol. The van der Waals surface area contributed by atoms with Crippen molar-refractivity contribution in [3.8, 4) is 0 Å². The first-order chi connectivity index (χ1) is 8.95. The summed E-state index contributed by atoms with van der Waals surface area (Å²) < 4.78 is 0. The van der Waals surface area contributed by atoms with Crippen LogP contribution in [0.2, 0.25) is 0 Å². The van der Waals surface area contributed by atoms with Crippen molar-refractivity contribution in [2.75, 3.05) is 6.54 Å². The second kappa shape index (κ2) is 7.33. The van der Waals surface area contributed by atoms with E-state index in [0.29, 0.717) is 6.54 Å². The molecule has 19 heavy (non-hydrogen) atoms. The molecular formula is C13H25N3O3. The maximum Gasteiger partial charge on any atom is 0.312 e. The summed E-state index contributed by atoms with van der Waals surface area (Å²) in [4.78, 5) is 23.0. The summed E-state index contributed by atoms with van der Waals surface area (Å²) in [5.41, 5.74) is 5.09. The Morgan fingerprint density at radius 3 is 2.58 bits per heavy atom. The lowest BCUT2D eigenvalue weighted by Gasteiger charge is -2.24. The van der Waals surface area contributed by atoms with E-state index in [9.17, 15) is 14.7 Å². The molecule has 1 aliphatic rings. The van der Waals surface area contributed by atoms with Crippen LogP contribution in [0.5, 0.6) is 0 Å². The Morgan fingerprint density at radius 1 is 1.42 bits per heavy atom. The summed E-state index contributed by atoms with van der Waals surface area (Å²) in [5.74, 6) is -0.0941. The van der Waals surface area contributed by atoms with Gasteiger partial charge in [-0.15, -0.1) is 0 Å². The standard InChI is InChI=1S/C13H25N3O3/c1-3-8(2)11(16-13(14)19)12(18)15-7-9-5-4-6-10(9)17/h8-11,17H,3-7H2,1-2H3,(H,15,18)(H3,14,16,19). The van der Waals surface area contributed by atoms with Gasteiger partial charge in [0.15, 0.2) is 0 Å². The van der Waals surface area contributed by atoms with Crippen LogP contribution in [0.3, 0.4) is 0 Å². The first-order valence-corrected chi connectivity index (χ1v) is 6.97. The molecule has 6 heteroatoms. The first-order valence-electron chi connectivity index (χ1n) is 6.97. The number of aliphatic hydroxyl groups is 1. The van der Waals surface area contributed by atoms with Crippen LogP contribution in [0.1, 0.15) is 39.5 Å². The number of hydrogen-bond acceptors (Lipinski definition) is 3. The van der Waals surface area contributed by atoms with E-state index in [1.807, 2.05) is 13.8 Å². The van der Waals surface area contributed by atoms with Crippen molar-refractivity contribution in [1.82, 2.24) is 10.6 Å². The van der Waals surface area contributed by atoms with Gasteiger partial charge in [-0.05, 0) is 18.8 Å². The van der Waals surface area contributed by atoms with Gasteiger partial charge in [0, 0.05) is 12.5 Å². The SMILES string of the molecule is CCC(C)C(NC(N)=O)C(=O)NCC1CCCC1O. The molecule has 1 aliphatic carbocycles. The molecule has 0 radical (unpaired) electrons. The highest BCUT2D eigenvalue weighted by Gasteiger charge is 2.28. The maximum absolute atomic E-state index is 12.1. The molecule has 0 aromatic carbocycles. The molecule has 4 atom stereocenters. The van der Waals surface area contributed by atoms with E-state index in [1.165, 1.54) is 0 Å².